The maximum absolute atomic E-state index is 11.0. The van der Waals surface area contributed by atoms with Crippen LogP contribution in [0.1, 0.15) is 13.8 Å². The molecule has 0 aliphatic heterocycles. The lowest BCUT2D eigenvalue weighted by molar-refractivity contribution is -0.131. The molecule has 0 atom stereocenters. The first kappa shape index (κ1) is 12.2. The van der Waals surface area contributed by atoms with E-state index in [9.17, 15) is 14.4 Å². The van der Waals surface area contributed by atoms with E-state index in [0.29, 0.717) is 6.08 Å². The average Bonchev–Trinajstić information content (AvgIpc) is 1.99. The molecule has 0 spiro atoms. The number of nitrogens with one attached hydrogen (secondary N) is 1. The fourth-order valence-electron chi connectivity index (χ4n) is 0.558. The second kappa shape index (κ2) is 4.40. The molecule has 0 rings (SSSR count). The summed E-state index contributed by atoms with van der Waals surface area (Å²) < 4.78 is 0. The smallest absolute Gasteiger partial charge is 0.328 e. The second-order valence-electron chi connectivity index (χ2n) is 3.15. The average molecular weight is 200 g/mol. The fourth-order valence-corrected chi connectivity index (χ4v) is 0.558. The van der Waals surface area contributed by atoms with Crippen molar-refractivity contribution in [1.29, 1.82) is 0 Å². The molecule has 6 nitrogen and oxygen atoms in total. The van der Waals surface area contributed by atoms with Crippen LogP contribution in [-0.2, 0) is 14.4 Å². The van der Waals surface area contributed by atoms with Gasteiger partial charge in [-0.1, -0.05) is 0 Å². The summed E-state index contributed by atoms with van der Waals surface area (Å²) in [6, 6.07) is 0. The minimum absolute atomic E-state index is 0.673. The van der Waals surface area contributed by atoms with E-state index in [1.807, 2.05) is 0 Å². The van der Waals surface area contributed by atoms with Crippen molar-refractivity contribution in [2.24, 2.45) is 5.73 Å². The van der Waals surface area contributed by atoms with Crippen LogP contribution in [0.25, 0.3) is 0 Å². The van der Waals surface area contributed by atoms with Gasteiger partial charge in [-0.2, -0.15) is 0 Å². The monoisotopic (exact) mass is 200 g/mol. The van der Waals surface area contributed by atoms with Gasteiger partial charge in [-0.15, -0.1) is 0 Å². The highest BCUT2D eigenvalue weighted by atomic mass is 16.4. The molecule has 2 amide bonds. The summed E-state index contributed by atoms with van der Waals surface area (Å²) >= 11 is 0. The van der Waals surface area contributed by atoms with E-state index in [4.69, 9.17) is 10.8 Å². The van der Waals surface area contributed by atoms with Crippen molar-refractivity contribution in [3.05, 3.63) is 12.2 Å². The van der Waals surface area contributed by atoms with Gasteiger partial charge in [0, 0.05) is 12.2 Å². The Morgan fingerprint density at radius 2 is 1.79 bits per heavy atom. The van der Waals surface area contributed by atoms with E-state index >= 15 is 0 Å². The Balaban J connectivity index is 4.33. The van der Waals surface area contributed by atoms with E-state index in [1.165, 1.54) is 13.8 Å². The topological polar surface area (TPSA) is 109 Å². The first-order valence-electron chi connectivity index (χ1n) is 3.79. The molecule has 0 aromatic carbocycles. The van der Waals surface area contributed by atoms with Gasteiger partial charge in [-0.05, 0) is 13.8 Å². The van der Waals surface area contributed by atoms with Crippen molar-refractivity contribution < 1.29 is 19.5 Å². The Kier molecular flexibility index (Phi) is 3.82. The van der Waals surface area contributed by atoms with Crippen LogP contribution in [0, 0.1) is 0 Å². The molecule has 0 aliphatic carbocycles. The Morgan fingerprint density at radius 3 is 2.14 bits per heavy atom. The van der Waals surface area contributed by atoms with Crippen LogP contribution in [0.5, 0.6) is 0 Å². The van der Waals surface area contributed by atoms with Crippen LogP contribution < -0.4 is 11.1 Å². The van der Waals surface area contributed by atoms with Crippen LogP contribution in [-0.4, -0.2) is 28.4 Å². The molecule has 4 N–H and O–H groups in total. The third kappa shape index (κ3) is 4.24. The Bertz CT molecular complexity index is 294. The quantitative estimate of drug-likeness (QED) is 0.506. The maximum Gasteiger partial charge on any atom is 0.328 e. The zero-order valence-electron chi connectivity index (χ0n) is 7.90. The van der Waals surface area contributed by atoms with Gasteiger partial charge in [0.2, 0.25) is 11.8 Å². The number of carboxylic acids is 1. The number of rotatable bonds is 4. The van der Waals surface area contributed by atoms with Gasteiger partial charge in [0.15, 0.2) is 0 Å². The summed E-state index contributed by atoms with van der Waals surface area (Å²) in [6.45, 7) is 2.84. The van der Waals surface area contributed by atoms with E-state index in [2.05, 4.69) is 5.32 Å². The van der Waals surface area contributed by atoms with Gasteiger partial charge in [0.25, 0.3) is 0 Å². The van der Waals surface area contributed by atoms with Crippen molar-refractivity contribution in [1.82, 2.24) is 5.32 Å². The number of hydrogen-bond donors (Lipinski definition) is 3. The van der Waals surface area contributed by atoms with E-state index in [-0.39, 0.29) is 0 Å². The van der Waals surface area contributed by atoms with Crippen molar-refractivity contribution in [3.63, 3.8) is 0 Å². The molecule has 6 heteroatoms. The van der Waals surface area contributed by atoms with Crippen molar-refractivity contribution in [2.75, 3.05) is 0 Å². The molecule has 0 fully saturated rings. The molecule has 78 valence electrons. The molecule has 0 aromatic heterocycles. The molecule has 0 bridgehead atoms. The minimum atomic E-state index is -1.24. The first-order valence-corrected chi connectivity index (χ1v) is 3.79. The van der Waals surface area contributed by atoms with Crippen molar-refractivity contribution in [2.45, 2.75) is 19.4 Å². The fraction of sp³-hybridized carbons (Fsp3) is 0.375. The summed E-state index contributed by atoms with van der Waals surface area (Å²) in [5.41, 5.74) is 3.79. The standard InChI is InChI=1S/C8H12N2O4/c1-8(2,7(9)14)10-5(11)3-4-6(12)13/h3-4H,1-2H3,(H2,9,14)(H,10,11)(H,12,13)/b4-3+. The Hall–Kier alpha value is -1.85. The lowest BCUT2D eigenvalue weighted by Crippen LogP contribution is -2.52. The van der Waals surface area contributed by atoms with Crippen LogP contribution in [0.2, 0.25) is 0 Å². The van der Waals surface area contributed by atoms with Crippen molar-refractivity contribution in [3.8, 4) is 0 Å². The predicted molar refractivity (Wildman–Crippen MR) is 48.2 cm³/mol. The van der Waals surface area contributed by atoms with Gasteiger partial charge in [0.1, 0.15) is 5.54 Å². The number of aliphatic carboxylic acids is 1. The van der Waals surface area contributed by atoms with Crippen molar-refractivity contribution >= 4 is 17.8 Å². The summed E-state index contributed by atoms with van der Waals surface area (Å²) in [7, 11) is 0. The first-order chi connectivity index (χ1) is 6.25. The largest absolute Gasteiger partial charge is 0.478 e. The number of hydrogen-bond acceptors (Lipinski definition) is 3. The molecular formula is C8H12N2O4. The van der Waals surface area contributed by atoms with Crippen LogP contribution in [0.4, 0.5) is 0 Å². The van der Waals surface area contributed by atoms with E-state index in [0.717, 1.165) is 6.08 Å². The number of carboxylic acid groups (broad SMARTS) is 1. The highest BCUT2D eigenvalue weighted by molar-refractivity contribution is 5.97. The maximum atomic E-state index is 11.0. The number of nitrogens with two attached hydrogens (primary N) is 1. The third-order valence-electron chi connectivity index (χ3n) is 1.43. The second-order valence-corrected chi connectivity index (χ2v) is 3.15. The van der Waals surface area contributed by atoms with Gasteiger partial charge < -0.3 is 16.2 Å². The summed E-state index contributed by atoms with van der Waals surface area (Å²) in [5.74, 6) is -2.62. The van der Waals surface area contributed by atoms with Crippen LogP contribution >= 0.6 is 0 Å². The number of primary amides is 1. The lowest BCUT2D eigenvalue weighted by Gasteiger charge is -2.20. The molecule has 0 aromatic rings. The predicted octanol–water partition coefficient (Wildman–Crippen LogP) is -0.993. The van der Waals surface area contributed by atoms with Gasteiger partial charge in [0.05, 0.1) is 0 Å². The molecule has 0 aliphatic rings. The molecular weight excluding hydrogens is 188 g/mol. The zero-order chi connectivity index (χ0) is 11.4. The molecule has 0 saturated heterocycles. The number of carbonyl (C=O) groups excluding carboxylic acids is 2. The molecule has 0 saturated carbocycles. The normalized spacial score (nSPS) is 11.3. The summed E-state index contributed by atoms with van der Waals surface area (Å²) in [5, 5.41) is 10.5. The third-order valence-corrected chi connectivity index (χ3v) is 1.43. The highest BCUT2D eigenvalue weighted by Gasteiger charge is 2.25. The molecule has 14 heavy (non-hydrogen) atoms. The van der Waals surface area contributed by atoms with E-state index in [1.54, 1.807) is 0 Å². The zero-order valence-corrected chi connectivity index (χ0v) is 7.90. The lowest BCUT2D eigenvalue weighted by atomic mass is 10.1. The number of amides is 2. The Morgan fingerprint density at radius 1 is 1.29 bits per heavy atom. The summed E-state index contributed by atoms with van der Waals surface area (Å²) in [4.78, 5) is 31.8. The molecule has 0 radical (unpaired) electrons. The van der Waals surface area contributed by atoms with Gasteiger partial charge in [-0.25, -0.2) is 4.79 Å². The van der Waals surface area contributed by atoms with Gasteiger partial charge >= 0.3 is 5.97 Å². The molecule has 0 unspecified atom stereocenters. The van der Waals surface area contributed by atoms with Crippen LogP contribution in [0.15, 0.2) is 12.2 Å². The number of carbonyl (C=O) groups is 3. The van der Waals surface area contributed by atoms with E-state index < -0.39 is 23.3 Å². The Labute approximate surface area is 80.8 Å². The SMILES string of the molecule is CC(C)(NC(=O)/C=C/C(=O)O)C(N)=O. The molecule has 0 heterocycles. The summed E-state index contributed by atoms with van der Waals surface area (Å²) in [6.07, 6.45) is 1.49. The van der Waals surface area contributed by atoms with Crippen LogP contribution in [0.3, 0.4) is 0 Å². The van der Waals surface area contributed by atoms with Gasteiger partial charge in [-0.3, -0.25) is 9.59 Å². The minimum Gasteiger partial charge on any atom is -0.478 e. The highest BCUT2D eigenvalue weighted by Crippen LogP contribution is 1.99.